The summed E-state index contributed by atoms with van der Waals surface area (Å²) in [6.45, 7) is 0. The van der Waals surface area contributed by atoms with E-state index in [0.717, 1.165) is 11.0 Å². The highest BCUT2D eigenvalue weighted by Gasteiger charge is 2.08. The van der Waals surface area contributed by atoms with Crippen molar-refractivity contribution < 1.29 is 4.79 Å². The lowest BCUT2D eigenvalue weighted by Crippen LogP contribution is -2.15. The third-order valence-electron chi connectivity index (χ3n) is 2.16. The Bertz CT molecular complexity index is 506. The number of hydrogen-bond donors (Lipinski definition) is 1. The normalized spacial score (nSPS) is 10.5. The lowest BCUT2D eigenvalue weighted by molar-refractivity contribution is -0.114. The van der Waals surface area contributed by atoms with Crippen LogP contribution in [-0.4, -0.2) is 21.3 Å². The van der Waals surface area contributed by atoms with Gasteiger partial charge >= 0.3 is 0 Å². The fourth-order valence-electron chi connectivity index (χ4n) is 1.42. The molecule has 2 aromatic rings. The molecule has 2 rings (SSSR count). The molecule has 78 valence electrons. The molecule has 5 heteroatoms. The number of halogens is 1. The van der Waals surface area contributed by atoms with E-state index < -0.39 is 0 Å². The standard InChI is InChI=1S/C10H10ClN3O/c1-14-8-5-3-2-4-7(8)12-10(14)13-9(15)6-11/h2-5H,6H2,1H3,(H,12,13,15). The maximum absolute atomic E-state index is 11.1. The average molecular weight is 224 g/mol. The summed E-state index contributed by atoms with van der Waals surface area (Å²) in [4.78, 5) is 15.4. The van der Waals surface area contributed by atoms with Crippen LogP contribution >= 0.6 is 11.6 Å². The highest BCUT2D eigenvalue weighted by molar-refractivity contribution is 6.29. The van der Waals surface area contributed by atoms with Gasteiger partial charge in [-0.05, 0) is 12.1 Å². The molecule has 0 atom stereocenters. The molecule has 1 N–H and O–H groups in total. The summed E-state index contributed by atoms with van der Waals surface area (Å²) < 4.78 is 1.82. The van der Waals surface area contributed by atoms with Gasteiger partial charge in [0.1, 0.15) is 5.88 Å². The molecule has 0 saturated carbocycles. The molecule has 0 fully saturated rings. The molecule has 15 heavy (non-hydrogen) atoms. The minimum atomic E-state index is -0.255. The fourth-order valence-corrected chi connectivity index (χ4v) is 1.48. The first-order chi connectivity index (χ1) is 7.22. The Morgan fingerprint density at radius 3 is 2.93 bits per heavy atom. The molecule has 1 amide bonds. The van der Waals surface area contributed by atoms with Crippen molar-refractivity contribution in [2.45, 2.75) is 0 Å². The van der Waals surface area contributed by atoms with Gasteiger partial charge in [0.2, 0.25) is 11.9 Å². The van der Waals surface area contributed by atoms with Gasteiger partial charge in [0, 0.05) is 7.05 Å². The third-order valence-corrected chi connectivity index (χ3v) is 2.40. The Morgan fingerprint density at radius 1 is 1.53 bits per heavy atom. The first-order valence-electron chi connectivity index (χ1n) is 4.49. The van der Waals surface area contributed by atoms with Crippen LogP contribution in [0.3, 0.4) is 0 Å². The number of aryl methyl sites for hydroxylation is 1. The zero-order valence-electron chi connectivity index (χ0n) is 8.20. The second-order valence-electron chi connectivity index (χ2n) is 3.16. The second-order valence-corrected chi connectivity index (χ2v) is 3.43. The van der Waals surface area contributed by atoms with Gasteiger partial charge in [0.15, 0.2) is 0 Å². The number of rotatable bonds is 2. The maximum atomic E-state index is 11.1. The second kappa shape index (κ2) is 3.90. The van der Waals surface area contributed by atoms with Gasteiger partial charge < -0.3 is 4.57 Å². The van der Waals surface area contributed by atoms with Crippen molar-refractivity contribution in [3.63, 3.8) is 0 Å². The van der Waals surface area contributed by atoms with Crippen LogP contribution in [0.25, 0.3) is 11.0 Å². The number of benzene rings is 1. The Balaban J connectivity index is 2.44. The number of amides is 1. The van der Waals surface area contributed by atoms with Gasteiger partial charge in [-0.3, -0.25) is 10.1 Å². The smallest absolute Gasteiger partial charge is 0.241 e. The summed E-state index contributed by atoms with van der Waals surface area (Å²) in [5, 5.41) is 2.63. The maximum Gasteiger partial charge on any atom is 0.241 e. The number of fused-ring (bicyclic) bond motifs is 1. The summed E-state index contributed by atoms with van der Waals surface area (Å²) in [5.74, 6) is 0.195. The van der Waals surface area contributed by atoms with E-state index in [1.54, 1.807) is 0 Å². The van der Waals surface area contributed by atoms with Gasteiger partial charge in [-0.25, -0.2) is 4.98 Å². The van der Waals surface area contributed by atoms with E-state index in [1.807, 2.05) is 35.9 Å². The first kappa shape index (κ1) is 9.98. The SMILES string of the molecule is Cn1c(NC(=O)CCl)nc2ccccc21. The highest BCUT2D eigenvalue weighted by Crippen LogP contribution is 2.17. The summed E-state index contributed by atoms with van der Waals surface area (Å²) in [6.07, 6.45) is 0. The van der Waals surface area contributed by atoms with Gasteiger partial charge in [0.05, 0.1) is 11.0 Å². The Labute approximate surface area is 91.9 Å². The molecule has 1 heterocycles. The predicted molar refractivity (Wildman–Crippen MR) is 60.1 cm³/mol. The Morgan fingerprint density at radius 2 is 2.27 bits per heavy atom. The largest absolute Gasteiger partial charge is 0.313 e. The van der Waals surface area contributed by atoms with Gasteiger partial charge in [-0.1, -0.05) is 12.1 Å². The van der Waals surface area contributed by atoms with Crippen molar-refractivity contribution in [1.82, 2.24) is 9.55 Å². The van der Waals surface area contributed by atoms with Crippen molar-refractivity contribution >= 4 is 34.5 Å². The van der Waals surface area contributed by atoms with Crippen LogP contribution in [0.15, 0.2) is 24.3 Å². The number of hydrogen-bond acceptors (Lipinski definition) is 2. The van der Waals surface area contributed by atoms with Crippen molar-refractivity contribution in [3.05, 3.63) is 24.3 Å². The van der Waals surface area contributed by atoms with Crippen LogP contribution in [0.4, 0.5) is 5.95 Å². The van der Waals surface area contributed by atoms with Crippen LogP contribution < -0.4 is 5.32 Å². The molecule has 1 aromatic heterocycles. The quantitative estimate of drug-likeness (QED) is 0.789. The first-order valence-corrected chi connectivity index (χ1v) is 5.03. The average Bonchev–Trinajstić information content (AvgIpc) is 2.57. The third kappa shape index (κ3) is 1.80. The molecule has 0 spiro atoms. The molecule has 0 aliphatic carbocycles. The number of anilines is 1. The summed E-state index contributed by atoms with van der Waals surface area (Å²) in [5.41, 5.74) is 1.83. The van der Waals surface area contributed by atoms with Gasteiger partial charge in [-0.15, -0.1) is 11.6 Å². The summed E-state index contributed by atoms with van der Waals surface area (Å²) >= 11 is 5.40. The predicted octanol–water partition coefficient (Wildman–Crippen LogP) is 1.75. The van der Waals surface area contributed by atoms with E-state index in [-0.39, 0.29) is 11.8 Å². The summed E-state index contributed by atoms with van der Waals surface area (Å²) in [7, 11) is 1.85. The monoisotopic (exact) mass is 223 g/mol. The van der Waals surface area contributed by atoms with Crippen molar-refractivity contribution in [2.75, 3.05) is 11.2 Å². The van der Waals surface area contributed by atoms with E-state index in [9.17, 15) is 4.79 Å². The number of carbonyl (C=O) groups excluding carboxylic acids is 1. The molecule has 4 nitrogen and oxygen atoms in total. The molecular formula is C10H10ClN3O. The molecule has 0 bridgehead atoms. The number of imidazole rings is 1. The van der Waals surface area contributed by atoms with E-state index in [0.29, 0.717) is 5.95 Å². The van der Waals surface area contributed by atoms with Crippen molar-refractivity contribution in [1.29, 1.82) is 0 Å². The molecular weight excluding hydrogens is 214 g/mol. The van der Waals surface area contributed by atoms with Gasteiger partial charge in [-0.2, -0.15) is 0 Å². The van der Waals surface area contributed by atoms with E-state index in [2.05, 4.69) is 10.3 Å². The molecule has 0 aliphatic rings. The molecule has 0 unspecified atom stereocenters. The Kier molecular flexibility index (Phi) is 2.60. The van der Waals surface area contributed by atoms with Crippen molar-refractivity contribution in [3.8, 4) is 0 Å². The molecule has 0 saturated heterocycles. The Hall–Kier alpha value is -1.55. The molecule has 0 radical (unpaired) electrons. The lowest BCUT2D eigenvalue weighted by Gasteiger charge is -2.01. The number of aromatic nitrogens is 2. The summed E-state index contributed by atoms with van der Waals surface area (Å²) in [6, 6.07) is 7.67. The number of nitrogens with zero attached hydrogens (tertiary/aromatic N) is 2. The van der Waals surface area contributed by atoms with E-state index >= 15 is 0 Å². The van der Waals surface area contributed by atoms with Gasteiger partial charge in [0.25, 0.3) is 0 Å². The highest BCUT2D eigenvalue weighted by atomic mass is 35.5. The van der Waals surface area contributed by atoms with Crippen molar-refractivity contribution in [2.24, 2.45) is 7.05 Å². The van der Waals surface area contributed by atoms with Crippen LogP contribution in [0, 0.1) is 0 Å². The minimum Gasteiger partial charge on any atom is -0.313 e. The molecule has 1 aromatic carbocycles. The fraction of sp³-hybridized carbons (Fsp3) is 0.200. The number of carbonyl (C=O) groups is 1. The van der Waals surface area contributed by atoms with Crippen LogP contribution in [0.1, 0.15) is 0 Å². The van der Waals surface area contributed by atoms with E-state index in [1.165, 1.54) is 0 Å². The topological polar surface area (TPSA) is 46.9 Å². The van der Waals surface area contributed by atoms with Crippen LogP contribution in [0.2, 0.25) is 0 Å². The molecule has 0 aliphatic heterocycles. The zero-order chi connectivity index (χ0) is 10.8. The zero-order valence-corrected chi connectivity index (χ0v) is 8.95. The number of para-hydroxylation sites is 2. The number of nitrogens with one attached hydrogen (secondary N) is 1. The van der Waals surface area contributed by atoms with Crippen LogP contribution in [-0.2, 0) is 11.8 Å². The lowest BCUT2D eigenvalue weighted by atomic mass is 10.3. The van der Waals surface area contributed by atoms with E-state index in [4.69, 9.17) is 11.6 Å². The number of alkyl halides is 1. The minimum absolute atomic E-state index is 0.0663. The van der Waals surface area contributed by atoms with Crippen LogP contribution in [0.5, 0.6) is 0 Å².